The SMILES string of the molecule is CNC(=O)c1cc(C(=O)NCCC2CCN(C(=O)O)CC2)cc(C(C)c2ccccc2)n1. The zero-order chi connectivity index (χ0) is 23.1. The summed E-state index contributed by atoms with van der Waals surface area (Å²) in [6.45, 7) is 3.57. The molecule has 1 aliphatic rings. The minimum Gasteiger partial charge on any atom is -0.465 e. The maximum Gasteiger partial charge on any atom is 0.407 e. The van der Waals surface area contributed by atoms with Gasteiger partial charge in [0.2, 0.25) is 0 Å². The number of likely N-dealkylation sites (tertiary alicyclic amines) is 1. The van der Waals surface area contributed by atoms with Gasteiger partial charge in [-0.2, -0.15) is 0 Å². The van der Waals surface area contributed by atoms with Crippen molar-refractivity contribution in [1.82, 2.24) is 20.5 Å². The van der Waals surface area contributed by atoms with Crippen LogP contribution in [0.2, 0.25) is 0 Å². The van der Waals surface area contributed by atoms with Crippen LogP contribution in [0.5, 0.6) is 0 Å². The number of amides is 3. The zero-order valence-corrected chi connectivity index (χ0v) is 18.5. The Morgan fingerprint density at radius 2 is 1.81 bits per heavy atom. The van der Waals surface area contributed by atoms with Crippen LogP contribution in [0.4, 0.5) is 4.79 Å². The molecule has 0 aliphatic carbocycles. The smallest absolute Gasteiger partial charge is 0.407 e. The summed E-state index contributed by atoms with van der Waals surface area (Å²) in [5.41, 5.74) is 2.31. The highest BCUT2D eigenvalue weighted by Crippen LogP contribution is 2.24. The van der Waals surface area contributed by atoms with E-state index in [0.717, 1.165) is 24.8 Å². The van der Waals surface area contributed by atoms with Crippen LogP contribution in [-0.2, 0) is 0 Å². The van der Waals surface area contributed by atoms with E-state index in [1.165, 1.54) is 18.0 Å². The van der Waals surface area contributed by atoms with Crippen LogP contribution in [0.25, 0.3) is 0 Å². The van der Waals surface area contributed by atoms with Gasteiger partial charge in [-0.25, -0.2) is 9.78 Å². The summed E-state index contributed by atoms with van der Waals surface area (Å²) >= 11 is 0. The van der Waals surface area contributed by atoms with Gasteiger partial charge in [0.15, 0.2) is 0 Å². The lowest BCUT2D eigenvalue weighted by Gasteiger charge is -2.29. The average Bonchev–Trinajstić information content (AvgIpc) is 2.83. The largest absolute Gasteiger partial charge is 0.465 e. The molecule has 1 aliphatic heterocycles. The van der Waals surface area contributed by atoms with Crippen LogP contribution in [0, 0.1) is 5.92 Å². The van der Waals surface area contributed by atoms with E-state index < -0.39 is 6.09 Å². The van der Waals surface area contributed by atoms with Crippen LogP contribution in [-0.4, -0.2) is 59.6 Å². The lowest BCUT2D eigenvalue weighted by atomic mass is 9.93. The van der Waals surface area contributed by atoms with Gasteiger partial charge in [-0.3, -0.25) is 9.59 Å². The van der Waals surface area contributed by atoms with E-state index in [4.69, 9.17) is 5.11 Å². The molecule has 0 radical (unpaired) electrons. The van der Waals surface area contributed by atoms with E-state index in [1.54, 1.807) is 6.07 Å². The summed E-state index contributed by atoms with van der Waals surface area (Å²) in [5, 5.41) is 14.6. The number of carbonyl (C=O) groups is 3. The second-order valence-electron chi connectivity index (χ2n) is 8.13. The Kier molecular flexibility index (Phi) is 7.81. The highest BCUT2D eigenvalue weighted by molar-refractivity contribution is 5.98. The summed E-state index contributed by atoms with van der Waals surface area (Å²) in [6.07, 6.45) is 1.52. The second kappa shape index (κ2) is 10.7. The predicted octanol–water partition coefficient (Wildman–Crippen LogP) is 3.10. The Morgan fingerprint density at radius 3 is 2.44 bits per heavy atom. The standard InChI is InChI=1S/C24H30N4O4/c1-16(18-6-4-3-5-7-18)20-14-19(15-21(27-20)23(30)25-2)22(29)26-11-8-17-9-12-28(13-10-17)24(31)32/h3-7,14-17H,8-13H2,1-2H3,(H,25,30)(H,26,29)(H,31,32). The number of nitrogens with zero attached hydrogens (tertiary/aromatic N) is 2. The molecule has 1 fully saturated rings. The molecule has 3 N–H and O–H groups in total. The van der Waals surface area contributed by atoms with Crippen molar-refractivity contribution >= 4 is 17.9 Å². The van der Waals surface area contributed by atoms with Crippen molar-refractivity contribution < 1.29 is 19.5 Å². The molecule has 3 rings (SSSR count). The summed E-state index contributed by atoms with van der Waals surface area (Å²) in [5.74, 6) is -0.279. The Labute approximate surface area is 188 Å². The molecule has 8 heteroatoms. The molecule has 0 spiro atoms. The van der Waals surface area contributed by atoms with E-state index in [-0.39, 0.29) is 23.4 Å². The third-order valence-electron chi connectivity index (χ3n) is 6.03. The van der Waals surface area contributed by atoms with Crippen molar-refractivity contribution in [2.45, 2.75) is 32.1 Å². The fraction of sp³-hybridized carbons (Fsp3) is 0.417. The molecule has 32 heavy (non-hydrogen) atoms. The van der Waals surface area contributed by atoms with Crippen LogP contribution < -0.4 is 10.6 Å². The van der Waals surface area contributed by atoms with E-state index in [9.17, 15) is 14.4 Å². The maximum absolute atomic E-state index is 12.8. The van der Waals surface area contributed by atoms with Crippen molar-refractivity contribution in [1.29, 1.82) is 0 Å². The number of rotatable bonds is 7. The number of hydrogen-bond acceptors (Lipinski definition) is 4. The molecule has 2 aromatic rings. The fourth-order valence-electron chi connectivity index (χ4n) is 3.97. The molecule has 8 nitrogen and oxygen atoms in total. The summed E-state index contributed by atoms with van der Waals surface area (Å²) in [4.78, 5) is 42.0. The first-order valence-electron chi connectivity index (χ1n) is 10.9. The van der Waals surface area contributed by atoms with Gasteiger partial charge in [-0.15, -0.1) is 0 Å². The van der Waals surface area contributed by atoms with Crippen molar-refractivity contribution in [3.05, 3.63) is 65.0 Å². The van der Waals surface area contributed by atoms with Crippen molar-refractivity contribution in [2.24, 2.45) is 5.92 Å². The molecule has 1 aromatic heterocycles. The van der Waals surface area contributed by atoms with Gasteiger partial charge in [-0.1, -0.05) is 37.3 Å². The molecule has 0 saturated carbocycles. The molecule has 1 aromatic carbocycles. The van der Waals surface area contributed by atoms with Gasteiger partial charge < -0.3 is 20.6 Å². The lowest BCUT2D eigenvalue weighted by Crippen LogP contribution is -2.38. The molecule has 2 heterocycles. The summed E-state index contributed by atoms with van der Waals surface area (Å²) < 4.78 is 0. The third kappa shape index (κ3) is 5.84. The summed E-state index contributed by atoms with van der Waals surface area (Å²) in [7, 11) is 1.53. The zero-order valence-electron chi connectivity index (χ0n) is 18.5. The van der Waals surface area contributed by atoms with Crippen LogP contribution in [0.15, 0.2) is 42.5 Å². The monoisotopic (exact) mass is 438 g/mol. The van der Waals surface area contributed by atoms with E-state index in [0.29, 0.717) is 36.8 Å². The van der Waals surface area contributed by atoms with Gasteiger partial charge in [0, 0.05) is 43.9 Å². The molecular weight excluding hydrogens is 408 g/mol. The third-order valence-corrected chi connectivity index (χ3v) is 6.03. The van der Waals surface area contributed by atoms with Gasteiger partial charge in [0.25, 0.3) is 11.8 Å². The Bertz CT molecular complexity index is 956. The van der Waals surface area contributed by atoms with Crippen LogP contribution in [0.3, 0.4) is 0 Å². The first-order chi connectivity index (χ1) is 15.4. The van der Waals surface area contributed by atoms with Gasteiger partial charge in [-0.05, 0) is 42.9 Å². The van der Waals surface area contributed by atoms with Crippen LogP contribution in [0.1, 0.15) is 64.2 Å². The van der Waals surface area contributed by atoms with Gasteiger partial charge in [0.1, 0.15) is 5.69 Å². The Hall–Kier alpha value is -3.42. The molecule has 1 atom stereocenters. The van der Waals surface area contributed by atoms with E-state index >= 15 is 0 Å². The Balaban J connectivity index is 1.67. The van der Waals surface area contributed by atoms with E-state index in [1.807, 2.05) is 37.3 Å². The van der Waals surface area contributed by atoms with Crippen molar-refractivity contribution in [2.75, 3.05) is 26.7 Å². The summed E-state index contributed by atoms with van der Waals surface area (Å²) in [6, 6.07) is 13.1. The number of hydrogen-bond donors (Lipinski definition) is 3. The average molecular weight is 439 g/mol. The molecular formula is C24H30N4O4. The minimum atomic E-state index is -0.873. The minimum absolute atomic E-state index is 0.0771. The number of carboxylic acid groups (broad SMARTS) is 1. The number of pyridine rings is 1. The normalized spacial score (nSPS) is 15.1. The molecule has 170 valence electrons. The predicted molar refractivity (Wildman–Crippen MR) is 121 cm³/mol. The van der Waals surface area contributed by atoms with Crippen molar-refractivity contribution in [3.8, 4) is 0 Å². The first-order valence-corrected chi connectivity index (χ1v) is 10.9. The fourth-order valence-corrected chi connectivity index (χ4v) is 3.97. The van der Waals surface area contributed by atoms with Crippen LogP contribution >= 0.6 is 0 Å². The highest BCUT2D eigenvalue weighted by atomic mass is 16.4. The van der Waals surface area contributed by atoms with E-state index in [2.05, 4.69) is 15.6 Å². The molecule has 0 bridgehead atoms. The number of aromatic nitrogens is 1. The Morgan fingerprint density at radius 1 is 1.12 bits per heavy atom. The topological polar surface area (TPSA) is 112 Å². The first kappa shape index (κ1) is 23.2. The lowest BCUT2D eigenvalue weighted by molar-refractivity contribution is 0.0948. The van der Waals surface area contributed by atoms with Gasteiger partial charge in [0.05, 0.1) is 0 Å². The number of carbonyl (C=O) groups excluding carboxylic acids is 2. The quantitative estimate of drug-likeness (QED) is 0.615. The highest BCUT2D eigenvalue weighted by Gasteiger charge is 2.22. The second-order valence-corrected chi connectivity index (χ2v) is 8.13. The van der Waals surface area contributed by atoms with Gasteiger partial charge >= 0.3 is 6.09 Å². The number of piperidine rings is 1. The maximum atomic E-state index is 12.8. The number of nitrogens with one attached hydrogen (secondary N) is 2. The molecule has 1 saturated heterocycles. The molecule has 1 unspecified atom stereocenters. The van der Waals surface area contributed by atoms with Crippen molar-refractivity contribution in [3.63, 3.8) is 0 Å². The molecule has 3 amide bonds. The number of benzene rings is 1.